The molecule has 0 aliphatic carbocycles. The molecular formula is C23H26IN7O2. The van der Waals surface area contributed by atoms with E-state index in [1.54, 1.807) is 20.4 Å². The summed E-state index contributed by atoms with van der Waals surface area (Å²) in [5.74, 6) is 3.32. The molecule has 33 heavy (non-hydrogen) atoms. The predicted molar refractivity (Wildman–Crippen MR) is 138 cm³/mol. The average Bonchev–Trinajstić information content (AvgIpc) is 3.50. The van der Waals surface area contributed by atoms with Crippen molar-refractivity contribution >= 4 is 29.9 Å². The van der Waals surface area contributed by atoms with E-state index in [0.29, 0.717) is 36.6 Å². The van der Waals surface area contributed by atoms with Crippen molar-refractivity contribution in [1.82, 2.24) is 30.8 Å². The summed E-state index contributed by atoms with van der Waals surface area (Å²) in [5, 5.41) is 13.7. The lowest BCUT2D eigenvalue weighted by molar-refractivity contribution is 0.415. The Labute approximate surface area is 209 Å². The summed E-state index contributed by atoms with van der Waals surface area (Å²) in [5.41, 5.74) is 3.83. The lowest BCUT2D eigenvalue weighted by atomic mass is 10.1. The standard InChI is InChI=1S/C23H25N7O2.HI/c1-15-4-6-17(7-5-15)22-27-18(14-32-22)12-25-23(24-2)26-13-20-28-21(30-29-20)16-8-10-19(31-3)11-9-16;/h4-11,14H,12-13H2,1-3H3,(H2,24,25,26)(H,28,29,30);1H. The number of aliphatic imine (C=N–C) groups is 1. The van der Waals surface area contributed by atoms with Gasteiger partial charge in [-0.05, 0) is 43.3 Å². The van der Waals surface area contributed by atoms with Crippen molar-refractivity contribution in [3.8, 4) is 28.6 Å². The highest BCUT2D eigenvalue weighted by Gasteiger charge is 2.09. The Kier molecular flexibility index (Phi) is 8.41. The third kappa shape index (κ3) is 6.31. The number of ether oxygens (including phenoxy) is 1. The largest absolute Gasteiger partial charge is 0.497 e. The van der Waals surface area contributed by atoms with Gasteiger partial charge in [-0.3, -0.25) is 10.1 Å². The van der Waals surface area contributed by atoms with E-state index < -0.39 is 0 Å². The van der Waals surface area contributed by atoms with E-state index in [0.717, 1.165) is 22.6 Å². The van der Waals surface area contributed by atoms with Crippen LogP contribution in [0.5, 0.6) is 5.75 Å². The van der Waals surface area contributed by atoms with Crippen LogP contribution in [0.1, 0.15) is 17.1 Å². The zero-order valence-corrected chi connectivity index (χ0v) is 21.0. The molecule has 0 unspecified atom stereocenters. The first-order valence-corrected chi connectivity index (χ1v) is 10.2. The molecule has 0 amide bonds. The van der Waals surface area contributed by atoms with Crippen molar-refractivity contribution < 1.29 is 9.15 Å². The number of nitrogens with zero attached hydrogens (tertiary/aromatic N) is 4. The van der Waals surface area contributed by atoms with Gasteiger partial charge in [-0.25, -0.2) is 9.97 Å². The summed E-state index contributed by atoms with van der Waals surface area (Å²) in [4.78, 5) is 13.3. The Bertz CT molecular complexity index is 1180. The van der Waals surface area contributed by atoms with Crippen LogP contribution in [0, 0.1) is 6.92 Å². The Morgan fingerprint density at radius 3 is 2.39 bits per heavy atom. The first kappa shape index (κ1) is 24.2. The second-order valence-corrected chi connectivity index (χ2v) is 7.12. The lowest BCUT2D eigenvalue weighted by Crippen LogP contribution is -2.36. The summed E-state index contributed by atoms with van der Waals surface area (Å²) in [6.07, 6.45) is 1.65. The molecule has 0 spiro atoms. The molecule has 9 nitrogen and oxygen atoms in total. The molecule has 2 heterocycles. The Balaban J connectivity index is 0.00000306. The molecule has 3 N–H and O–H groups in total. The average molecular weight is 559 g/mol. The van der Waals surface area contributed by atoms with Gasteiger partial charge >= 0.3 is 0 Å². The topological polar surface area (TPSA) is 113 Å². The molecule has 172 valence electrons. The van der Waals surface area contributed by atoms with E-state index in [2.05, 4.69) is 35.8 Å². The fourth-order valence-corrected chi connectivity index (χ4v) is 3.02. The number of hydrogen-bond donors (Lipinski definition) is 3. The molecule has 2 aromatic heterocycles. The highest BCUT2D eigenvalue weighted by Crippen LogP contribution is 2.20. The number of H-pyrrole nitrogens is 1. The third-order valence-corrected chi connectivity index (χ3v) is 4.81. The number of aromatic amines is 1. The van der Waals surface area contributed by atoms with Crippen molar-refractivity contribution in [2.45, 2.75) is 20.0 Å². The van der Waals surface area contributed by atoms with Crippen molar-refractivity contribution in [1.29, 1.82) is 0 Å². The molecular weight excluding hydrogens is 533 g/mol. The van der Waals surface area contributed by atoms with E-state index in [1.165, 1.54) is 5.56 Å². The maximum absolute atomic E-state index is 5.60. The summed E-state index contributed by atoms with van der Waals surface area (Å²) in [6.45, 7) is 2.96. The maximum atomic E-state index is 5.60. The number of rotatable bonds is 7. The highest BCUT2D eigenvalue weighted by atomic mass is 127. The van der Waals surface area contributed by atoms with Gasteiger partial charge in [0.2, 0.25) is 5.89 Å². The van der Waals surface area contributed by atoms with Gasteiger partial charge < -0.3 is 19.8 Å². The normalized spacial score (nSPS) is 11.1. The zero-order valence-electron chi connectivity index (χ0n) is 18.6. The molecule has 4 rings (SSSR count). The van der Waals surface area contributed by atoms with Crippen LogP contribution in [0.15, 0.2) is 64.2 Å². The number of benzene rings is 2. The van der Waals surface area contributed by atoms with E-state index in [4.69, 9.17) is 9.15 Å². The number of nitrogens with one attached hydrogen (secondary N) is 3. The molecule has 4 aromatic rings. The quantitative estimate of drug-likeness (QED) is 0.179. The Morgan fingerprint density at radius 2 is 1.70 bits per heavy atom. The van der Waals surface area contributed by atoms with E-state index in [-0.39, 0.29) is 24.0 Å². The third-order valence-electron chi connectivity index (χ3n) is 4.81. The monoisotopic (exact) mass is 559 g/mol. The van der Waals surface area contributed by atoms with E-state index in [1.807, 2.05) is 55.5 Å². The minimum Gasteiger partial charge on any atom is -0.497 e. The molecule has 0 aliphatic heterocycles. The van der Waals surface area contributed by atoms with Crippen molar-refractivity contribution in [3.05, 3.63) is 71.9 Å². The Hall–Kier alpha value is -3.41. The number of halogens is 1. The predicted octanol–water partition coefficient (Wildman–Crippen LogP) is 3.93. The maximum Gasteiger partial charge on any atom is 0.226 e. The number of aryl methyl sites for hydroxylation is 1. The van der Waals surface area contributed by atoms with E-state index in [9.17, 15) is 0 Å². The lowest BCUT2D eigenvalue weighted by Gasteiger charge is -2.09. The number of oxazole rings is 1. The molecule has 0 fully saturated rings. The van der Waals surface area contributed by atoms with Gasteiger partial charge in [0.1, 0.15) is 17.8 Å². The van der Waals surface area contributed by atoms with Crippen molar-refractivity contribution in [2.75, 3.05) is 14.2 Å². The molecule has 2 aromatic carbocycles. The SMILES string of the molecule is CN=C(NCc1coc(-c2ccc(C)cc2)n1)NCc1nc(-c2ccc(OC)cc2)n[nH]1.I. The van der Waals surface area contributed by atoms with Crippen LogP contribution in [0.3, 0.4) is 0 Å². The zero-order chi connectivity index (χ0) is 22.3. The molecule has 0 radical (unpaired) electrons. The second-order valence-electron chi connectivity index (χ2n) is 7.12. The van der Waals surface area contributed by atoms with E-state index >= 15 is 0 Å². The van der Waals surface area contributed by atoms with Crippen molar-refractivity contribution in [2.24, 2.45) is 4.99 Å². The van der Waals surface area contributed by atoms with Gasteiger partial charge in [-0.15, -0.1) is 24.0 Å². The minimum absolute atomic E-state index is 0. The smallest absolute Gasteiger partial charge is 0.226 e. The van der Waals surface area contributed by atoms with Gasteiger partial charge in [0.25, 0.3) is 0 Å². The number of hydrogen-bond acceptors (Lipinski definition) is 6. The molecule has 0 aliphatic rings. The fraction of sp³-hybridized carbons (Fsp3) is 0.217. The first-order chi connectivity index (χ1) is 15.6. The van der Waals surface area contributed by atoms with Gasteiger partial charge in [0, 0.05) is 18.2 Å². The van der Waals surface area contributed by atoms with Crippen LogP contribution < -0.4 is 15.4 Å². The van der Waals surface area contributed by atoms with Crippen LogP contribution in [0.4, 0.5) is 0 Å². The van der Waals surface area contributed by atoms with Crippen LogP contribution in [-0.4, -0.2) is 40.3 Å². The second kappa shape index (κ2) is 11.5. The number of guanidine groups is 1. The van der Waals surface area contributed by atoms with Crippen LogP contribution in [0.2, 0.25) is 0 Å². The van der Waals surface area contributed by atoms with Crippen LogP contribution in [0.25, 0.3) is 22.8 Å². The first-order valence-electron chi connectivity index (χ1n) is 10.2. The molecule has 0 bridgehead atoms. The van der Waals surface area contributed by atoms with Gasteiger partial charge in [0.05, 0.1) is 25.9 Å². The molecule has 0 saturated carbocycles. The number of methoxy groups -OCH3 is 1. The summed E-state index contributed by atoms with van der Waals surface area (Å²) < 4.78 is 10.8. The summed E-state index contributed by atoms with van der Waals surface area (Å²) >= 11 is 0. The highest BCUT2D eigenvalue weighted by molar-refractivity contribution is 14.0. The summed E-state index contributed by atoms with van der Waals surface area (Å²) in [6, 6.07) is 15.7. The molecule has 0 atom stereocenters. The fourth-order valence-electron chi connectivity index (χ4n) is 3.02. The minimum atomic E-state index is 0. The molecule has 0 saturated heterocycles. The Morgan fingerprint density at radius 1 is 1.00 bits per heavy atom. The number of aromatic nitrogens is 4. The van der Waals surface area contributed by atoms with Crippen LogP contribution in [-0.2, 0) is 13.1 Å². The van der Waals surface area contributed by atoms with Gasteiger partial charge in [-0.1, -0.05) is 17.7 Å². The molecule has 10 heteroatoms. The summed E-state index contributed by atoms with van der Waals surface area (Å²) in [7, 11) is 3.34. The van der Waals surface area contributed by atoms with Crippen LogP contribution >= 0.6 is 24.0 Å². The van der Waals surface area contributed by atoms with Gasteiger partial charge in [0.15, 0.2) is 11.8 Å². The van der Waals surface area contributed by atoms with Gasteiger partial charge in [-0.2, -0.15) is 5.10 Å². The van der Waals surface area contributed by atoms with Crippen molar-refractivity contribution in [3.63, 3.8) is 0 Å².